The van der Waals surface area contributed by atoms with Gasteiger partial charge in [-0.05, 0) is 51.1 Å². The van der Waals surface area contributed by atoms with Gasteiger partial charge in [0.1, 0.15) is 0 Å². The summed E-state index contributed by atoms with van der Waals surface area (Å²) in [7, 11) is -3.58. The first-order chi connectivity index (χ1) is 15.8. The van der Waals surface area contributed by atoms with Gasteiger partial charge in [0.05, 0.1) is 13.2 Å². The van der Waals surface area contributed by atoms with E-state index in [2.05, 4.69) is 62.0 Å². The molecule has 0 aliphatic rings. The summed E-state index contributed by atoms with van der Waals surface area (Å²) in [4.78, 5) is 42.6. The van der Waals surface area contributed by atoms with Crippen LogP contribution in [-0.4, -0.2) is 60.5 Å². The number of esters is 4. The lowest BCUT2D eigenvalue weighted by molar-refractivity contribution is -0.160. The lowest BCUT2D eigenvalue weighted by Crippen LogP contribution is -2.44. The van der Waals surface area contributed by atoms with Crippen molar-refractivity contribution in [2.24, 2.45) is 0 Å². The van der Waals surface area contributed by atoms with Crippen molar-refractivity contribution in [3.8, 4) is 0 Å². The van der Waals surface area contributed by atoms with Crippen LogP contribution < -0.4 is 0 Å². The molecule has 11 heteroatoms. The van der Waals surface area contributed by atoms with Gasteiger partial charge in [-0.2, -0.15) is 0 Å². The van der Waals surface area contributed by atoms with Crippen LogP contribution in [0.2, 0.25) is 38.3 Å². The van der Waals surface area contributed by atoms with Gasteiger partial charge in [-0.25, -0.2) is 19.2 Å². The summed E-state index contributed by atoms with van der Waals surface area (Å²) in [6, 6.07) is 1.89. The molecule has 0 aromatic carbocycles. The number of hydrogen-bond acceptors (Lipinski definition) is 9. The molecular weight excluding hydrogens is 500 g/mol. The summed E-state index contributed by atoms with van der Waals surface area (Å²) in [6.07, 6.45) is 5.91. The zero-order valence-electron chi connectivity index (χ0n) is 20.8. The molecule has 0 aliphatic heterocycles. The van der Waals surface area contributed by atoms with E-state index in [1.807, 2.05) is 0 Å². The van der Waals surface area contributed by atoms with E-state index in [4.69, 9.17) is 13.6 Å². The van der Waals surface area contributed by atoms with E-state index in [1.54, 1.807) is 0 Å². The summed E-state index contributed by atoms with van der Waals surface area (Å²) < 4.78 is 25.1. The molecule has 0 atom stereocenters. The summed E-state index contributed by atoms with van der Waals surface area (Å²) in [5.41, 5.74) is 0. The molecule has 9 nitrogen and oxygen atoms in total. The number of hydrogen-bond donors (Lipinski definition) is 0. The van der Waals surface area contributed by atoms with Crippen molar-refractivity contribution in [3.05, 3.63) is 50.6 Å². The summed E-state index contributed by atoms with van der Waals surface area (Å²) >= 11 is 0. The fraction of sp³-hybridized carbons (Fsp3) is 0.520. The number of carbonyl (C=O) groups is 4. The van der Waals surface area contributed by atoms with Crippen molar-refractivity contribution in [1.29, 1.82) is 0 Å². The third kappa shape index (κ3) is 25.8. The van der Waals surface area contributed by atoms with Crippen molar-refractivity contribution >= 4 is 40.5 Å². The highest BCUT2D eigenvalue weighted by atomic mass is 28.4. The molecular formula is C25H46O9Si2. The Bertz CT molecular complexity index is 658. The molecule has 0 aliphatic carbocycles. The quantitative estimate of drug-likeness (QED) is 0.0633. The second-order valence-electron chi connectivity index (χ2n) is 8.02. The van der Waals surface area contributed by atoms with Gasteiger partial charge >= 0.3 is 23.9 Å². The number of ether oxygens (including phenoxy) is 4. The van der Waals surface area contributed by atoms with E-state index in [9.17, 15) is 19.2 Å². The lowest BCUT2D eigenvalue weighted by Gasteiger charge is -2.34. The van der Waals surface area contributed by atoms with Crippen LogP contribution in [0.25, 0.3) is 0 Å². The van der Waals surface area contributed by atoms with Crippen molar-refractivity contribution in [1.82, 2.24) is 0 Å². The highest BCUT2D eigenvalue weighted by molar-refractivity contribution is 6.84. The minimum absolute atomic E-state index is 0. The second kappa shape index (κ2) is 22.7. The van der Waals surface area contributed by atoms with Crippen molar-refractivity contribution < 1.29 is 42.2 Å². The van der Waals surface area contributed by atoms with Crippen molar-refractivity contribution in [3.63, 3.8) is 0 Å². The maximum absolute atomic E-state index is 11.0. The van der Waals surface area contributed by atoms with Crippen LogP contribution >= 0.6 is 0 Å². The first-order valence-electron chi connectivity index (χ1n) is 10.7. The van der Waals surface area contributed by atoms with Crippen LogP contribution in [0.15, 0.2) is 50.6 Å². The largest absolute Gasteiger partial charge is 0.463 e. The minimum Gasteiger partial charge on any atom is -0.463 e. The van der Waals surface area contributed by atoms with Gasteiger partial charge < -0.3 is 23.1 Å². The molecule has 0 aromatic rings. The van der Waals surface area contributed by atoms with Crippen LogP contribution in [0.3, 0.4) is 0 Å². The highest BCUT2D eigenvalue weighted by Crippen LogP contribution is 2.23. The maximum atomic E-state index is 11.0. The molecule has 0 unspecified atom stereocenters. The van der Waals surface area contributed by atoms with Crippen molar-refractivity contribution in [2.75, 3.05) is 20.0 Å². The summed E-state index contributed by atoms with van der Waals surface area (Å²) in [6.45, 7) is 22.2. The van der Waals surface area contributed by atoms with Crippen LogP contribution in [0, 0.1) is 0 Å². The number of carbonyl (C=O) groups excluding carboxylic acids is 4. The maximum Gasteiger partial charge on any atom is 0.333 e. The second-order valence-corrected chi connectivity index (χ2v) is 16.9. The first kappa shape index (κ1) is 40.4. The van der Waals surface area contributed by atoms with Crippen LogP contribution in [0.1, 0.15) is 27.7 Å². The molecule has 0 amide bonds. The molecule has 0 aromatic heterocycles. The Balaban J connectivity index is -0.000000335. The highest BCUT2D eigenvalue weighted by Gasteiger charge is 2.32. The molecule has 0 N–H and O–H groups in total. The predicted octanol–water partition coefficient (Wildman–Crippen LogP) is 5.33. The fourth-order valence-corrected chi connectivity index (χ4v) is 11.4. The average molecular weight is 547 g/mol. The molecule has 0 rings (SSSR count). The van der Waals surface area contributed by atoms with Gasteiger partial charge in [-0.15, -0.1) is 0 Å². The molecule has 0 saturated heterocycles. The molecule has 0 fully saturated rings. The fourth-order valence-electron chi connectivity index (χ4n) is 2.57. The third-order valence-electron chi connectivity index (χ3n) is 3.96. The Morgan fingerprint density at radius 3 is 1.14 bits per heavy atom. The van der Waals surface area contributed by atoms with Gasteiger partial charge in [-0.3, -0.25) is 0 Å². The van der Waals surface area contributed by atoms with Crippen LogP contribution in [-0.2, 0) is 42.2 Å². The summed E-state index contributed by atoms with van der Waals surface area (Å²) in [5.74, 6) is -2.04. The van der Waals surface area contributed by atoms with Gasteiger partial charge in [-0.1, -0.05) is 41.2 Å². The monoisotopic (exact) mass is 546 g/mol. The Hall–Kier alpha value is -2.77. The molecule has 0 bridgehead atoms. The van der Waals surface area contributed by atoms with Gasteiger partial charge in [0, 0.05) is 24.3 Å². The Morgan fingerprint density at radius 2 is 0.861 bits per heavy atom. The Kier molecular flexibility index (Phi) is 25.5. The van der Waals surface area contributed by atoms with E-state index >= 15 is 0 Å². The minimum atomic E-state index is -1.79. The first-order valence-corrected chi connectivity index (χ1v) is 16.9. The lowest BCUT2D eigenvalue weighted by atomic mass is 10.5. The van der Waals surface area contributed by atoms with Crippen LogP contribution in [0.5, 0.6) is 0 Å². The van der Waals surface area contributed by atoms with Gasteiger partial charge in [0.2, 0.25) is 6.79 Å². The Morgan fingerprint density at radius 1 is 0.583 bits per heavy atom. The average Bonchev–Trinajstić information content (AvgIpc) is 2.78. The smallest absolute Gasteiger partial charge is 0.333 e. The molecule has 0 spiro atoms. The molecule has 0 radical (unpaired) electrons. The normalized spacial score (nSPS) is 9.89. The van der Waals surface area contributed by atoms with Gasteiger partial charge in [0.15, 0.2) is 16.6 Å². The van der Waals surface area contributed by atoms with E-state index in [0.717, 1.165) is 37.1 Å². The van der Waals surface area contributed by atoms with E-state index < -0.39 is 35.4 Å². The topological polar surface area (TPSA) is 114 Å². The Labute approximate surface area is 219 Å². The van der Waals surface area contributed by atoms with E-state index in [0.29, 0.717) is 13.2 Å². The van der Waals surface area contributed by atoms with Crippen molar-refractivity contribution in [2.45, 2.75) is 66.0 Å². The molecule has 0 saturated carbocycles. The van der Waals surface area contributed by atoms with E-state index in [-0.39, 0.29) is 26.8 Å². The SMILES string of the molecule is C.C.C=CC(=O)OCCC[Si](C)(C)O[Si](C)(C)CCCOC(=O)C=C.C=CC(=O)OCOC(=O)C=C. The standard InChI is InChI=1S/C16H30O5Si2.C7H8O4.2CH4/c1-7-15(17)19-11-9-13-22(3,4)21-23(5,6)14-10-12-20-16(18)8-2;1-3-6(8)10-5-11-7(9)4-2;;/h7-8H,1-2,9-14H2,3-6H3;3-4H,1-2,5H2;2*1H4. The number of rotatable bonds is 16. The van der Waals surface area contributed by atoms with Crippen LogP contribution in [0.4, 0.5) is 0 Å². The van der Waals surface area contributed by atoms with E-state index in [1.165, 1.54) is 12.2 Å². The zero-order chi connectivity index (χ0) is 26.6. The molecule has 0 heterocycles. The predicted molar refractivity (Wildman–Crippen MR) is 148 cm³/mol. The third-order valence-corrected chi connectivity index (χ3v) is 11.5. The molecule has 36 heavy (non-hydrogen) atoms. The van der Waals surface area contributed by atoms with Gasteiger partial charge in [0.25, 0.3) is 0 Å². The zero-order valence-corrected chi connectivity index (χ0v) is 22.8. The molecule has 208 valence electrons. The summed E-state index contributed by atoms with van der Waals surface area (Å²) in [5, 5.41) is 0.